The molecule has 0 amide bonds. The predicted molar refractivity (Wildman–Crippen MR) is 71.3 cm³/mol. The van der Waals surface area contributed by atoms with Crippen molar-refractivity contribution in [2.75, 3.05) is 45.9 Å². The Kier molecular flexibility index (Phi) is 6.32. The van der Waals surface area contributed by atoms with Crippen LogP contribution >= 0.6 is 0 Å². The van der Waals surface area contributed by atoms with Crippen molar-refractivity contribution >= 4 is 0 Å². The number of ether oxygens (including phenoxy) is 1. The summed E-state index contributed by atoms with van der Waals surface area (Å²) in [4.78, 5) is 2.62. The molecule has 0 aromatic carbocycles. The molecule has 2 fully saturated rings. The van der Waals surface area contributed by atoms with Crippen LogP contribution in [0.5, 0.6) is 0 Å². The van der Waals surface area contributed by atoms with Gasteiger partial charge in [0.2, 0.25) is 0 Å². The first-order chi connectivity index (χ1) is 8.45. The molecule has 1 unspecified atom stereocenters. The zero-order chi connectivity index (χ0) is 11.8. The fraction of sp³-hybridized carbons (Fsp3) is 1.00. The summed E-state index contributed by atoms with van der Waals surface area (Å²) < 4.78 is 5.49. The number of hydrogen-bond acceptors (Lipinski definition) is 3. The molecule has 0 bridgehead atoms. The van der Waals surface area contributed by atoms with E-state index in [9.17, 15) is 0 Å². The number of rotatable bonds is 6. The van der Waals surface area contributed by atoms with Crippen molar-refractivity contribution < 1.29 is 4.74 Å². The summed E-state index contributed by atoms with van der Waals surface area (Å²) in [5, 5.41) is 3.59. The van der Waals surface area contributed by atoms with Crippen LogP contribution in [-0.4, -0.2) is 50.8 Å². The zero-order valence-corrected chi connectivity index (χ0v) is 11.1. The Hall–Kier alpha value is -0.120. The molecule has 0 radical (unpaired) electrons. The molecular weight excluding hydrogens is 212 g/mol. The van der Waals surface area contributed by atoms with Crippen molar-refractivity contribution in [2.45, 2.75) is 38.5 Å². The topological polar surface area (TPSA) is 24.5 Å². The summed E-state index contributed by atoms with van der Waals surface area (Å²) in [6, 6.07) is 0. The van der Waals surface area contributed by atoms with Crippen LogP contribution in [0.2, 0.25) is 0 Å². The second-order valence-electron chi connectivity index (χ2n) is 5.54. The molecule has 1 atom stereocenters. The van der Waals surface area contributed by atoms with Crippen LogP contribution in [0.1, 0.15) is 38.5 Å². The van der Waals surface area contributed by atoms with Crippen LogP contribution in [0.4, 0.5) is 0 Å². The fourth-order valence-corrected chi connectivity index (χ4v) is 2.89. The predicted octanol–water partition coefficient (Wildman–Crippen LogP) is 1.88. The van der Waals surface area contributed by atoms with E-state index in [0.717, 1.165) is 25.7 Å². The molecule has 0 aromatic heterocycles. The van der Waals surface area contributed by atoms with Crippen LogP contribution in [0.15, 0.2) is 0 Å². The Labute approximate surface area is 106 Å². The fourth-order valence-electron chi connectivity index (χ4n) is 2.89. The number of nitrogens with one attached hydrogen (secondary N) is 1. The van der Waals surface area contributed by atoms with Gasteiger partial charge in [-0.3, -0.25) is 0 Å². The third kappa shape index (κ3) is 5.36. The molecule has 2 saturated heterocycles. The van der Waals surface area contributed by atoms with Gasteiger partial charge < -0.3 is 15.0 Å². The zero-order valence-electron chi connectivity index (χ0n) is 11.1. The molecule has 0 aromatic rings. The van der Waals surface area contributed by atoms with Gasteiger partial charge in [-0.05, 0) is 64.2 Å². The highest BCUT2D eigenvalue weighted by Gasteiger charge is 2.13. The standard InChI is InChI=1S/C14H28N2O/c1-2-8-16(9-3-1)10-5-7-15-12-14-6-4-11-17-13-14/h14-15H,1-13H2. The van der Waals surface area contributed by atoms with E-state index in [1.54, 1.807) is 0 Å². The van der Waals surface area contributed by atoms with E-state index in [-0.39, 0.29) is 0 Å². The minimum atomic E-state index is 0.763. The Bertz CT molecular complexity index is 167. The molecular formula is C14H28N2O. The van der Waals surface area contributed by atoms with E-state index >= 15 is 0 Å². The molecule has 0 spiro atoms. The van der Waals surface area contributed by atoms with E-state index in [2.05, 4.69) is 10.2 Å². The first-order valence-electron chi connectivity index (χ1n) is 7.46. The smallest absolute Gasteiger partial charge is 0.0506 e. The summed E-state index contributed by atoms with van der Waals surface area (Å²) in [5.74, 6) is 0.763. The van der Waals surface area contributed by atoms with E-state index in [1.807, 2.05) is 0 Å². The van der Waals surface area contributed by atoms with Crippen molar-refractivity contribution in [3.05, 3.63) is 0 Å². The Morgan fingerprint density at radius 2 is 2.00 bits per heavy atom. The van der Waals surface area contributed by atoms with Crippen LogP contribution < -0.4 is 5.32 Å². The lowest BCUT2D eigenvalue weighted by molar-refractivity contribution is 0.0548. The van der Waals surface area contributed by atoms with E-state index < -0.39 is 0 Å². The second kappa shape index (κ2) is 8.06. The van der Waals surface area contributed by atoms with E-state index in [4.69, 9.17) is 4.74 Å². The summed E-state index contributed by atoms with van der Waals surface area (Å²) in [5.41, 5.74) is 0. The summed E-state index contributed by atoms with van der Waals surface area (Å²) in [7, 11) is 0. The number of hydrogen-bond donors (Lipinski definition) is 1. The molecule has 3 nitrogen and oxygen atoms in total. The van der Waals surface area contributed by atoms with Gasteiger partial charge in [0.05, 0.1) is 6.61 Å². The quantitative estimate of drug-likeness (QED) is 0.717. The Morgan fingerprint density at radius 3 is 2.76 bits per heavy atom. The van der Waals surface area contributed by atoms with Crippen LogP contribution in [0.25, 0.3) is 0 Å². The lowest BCUT2D eigenvalue weighted by Crippen LogP contribution is -2.34. The van der Waals surface area contributed by atoms with Crippen LogP contribution in [0.3, 0.4) is 0 Å². The molecule has 17 heavy (non-hydrogen) atoms. The SMILES string of the molecule is C1CCN(CCCNCC2CCCOC2)CC1. The van der Waals surface area contributed by atoms with Crippen molar-refractivity contribution in [3.8, 4) is 0 Å². The van der Waals surface area contributed by atoms with Gasteiger partial charge >= 0.3 is 0 Å². The minimum absolute atomic E-state index is 0.763. The van der Waals surface area contributed by atoms with Gasteiger partial charge in [-0.2, -0.15) is 0 Å². The second-order valence-corrected chi connectivity index (χ2v) is 5.54. The van der Waals surface area contributed by atoms with Crippen LogP contribution in [0, 0.1) is 5.92 Å². The largest absolute Gasteiger partial charge is 0.381 e. The molecule has 3 heteroatoms. The molecule has 0 aliphatic carbocycles. The van der Waals surface area contributed by atoms with Gasteiger partial charge in [0.1, 0.15) is 0 Å². The molecule has 1 N–H and O–H groups in total. The monoisotopic (exact) mass is 240 g/mol. The average molecular weight is 240 g/mol. The van der Waals surface area contributed by atoms with E-state index in [1.165, 1.54) is 64.7 Å². The molecule has 2 heterocycles. The number of piperidine rings is 1. The lowest BCUT2D eigenvalue weighted by atomic mass is 10.0. The van der Waals surface area contributed by atoms with Crippen molar-refractivity contribution in [2.24, 2.45) is 5.92 Å². The lowest BCUT2D eigenvalue weighted by Gasteiger charge is -2.26. The normalized spacial score (nSPS) is 27.2. The summed E-state index contributed by atoms with van der Waals surface area (Å²) in [6.07, 6.45) is 8.16. The van der Waals surface area contributed by atoms with Gasteiger partial charge in [-0.1, -0.05) is 6.42 Å². The van der Waals surface area contributed by atoms with Crippen molar-refractivity contribution in [1.29, 1.82) is 0 Å². The highest BCUT2D eigenvalue weighted by atomic mass is 16.5. The Morgan fingerprint density at radius 1 is 1.12 bits per heavy atom. The van der Waals surface area contributed by atoms with Gasteiger partial charge in [0.15, 0.2) is 0 Å². The maximum Gasteiger partial charge on any atom is 0.0506 e. The maximum atomic E-state index is 5.49. The molecule has 100 valence electrons. The highest BCUT2D eigenvalue weighted by Crippen LogP contribution is 2.12. The van der Waals surface area contributed by atoms with Gasteiger partial charge in [0.25, 0.3) is 0 Å². The van der Waals surface area contributed by atoms with E-state index in [0.29, 0.717) is 0 Å². The van der Waals surface area contributed by atoms with Crippen molar-refractivity contribution in [1.82, 2.24) is 10.2 Å². The van der Waals surface area contributed by atoms with Crippen LogP contribution in [-0.2, 0) is 4.74 Å². The maximum absolute atomic E-state index is 5.49. The molecule has 0 saturated carbocycles. The van der Waals surface area contributed by atoms with Gasteiger partial charge in [-0.25, -0.2) is 0 Å². The number of nitrogens with zero attached hydrogens (tertiary/aromatic N) is 1. The average Bonchev–Trinajstić information content (AvgIpc) is 2.41. The van der Waals surface area contributed by atoms with Gasteiger partial charge in [-0.15, -0.1) is 0 Å². The third-order valence-corrected chi connectivity index (χ3v) is 3.96. The first-order valence-corrected chi connectivity index (χ1v) is 7.46. The van der Waals surface area contributed by atoms with Gasteiger partial charge in [0, 0.05) is 13.2 Å². The number of likely N-dealkylation sites (tertiary alicyclic amines) is 1. The highest BCUT2D eigenvalue weighted by molar-refractivity contribution is 4.67. The minimum Gasteiger partial charge on any atom is -0.381 e. The molecule has 2 rings (SSSR count). The summed E-state index contributed by atoms with van der Waals surface area (Å²) in [6.45, 7) is 8.22. The van der Waals surface area contributed by atoms with Crippen molar-refractivity contribution in [3.63, 3.8) is 0 Å². The molecule has 2 aliphatic heterocycles. The first kappa shape index (κ1) is 13.3. The summed E-state index contributed by atoms with van der Waals surface area (Å²) >= 11 is 0. The third-order valence-electron chi connectivity index (χ3n) is 3.96. The molecule has 2 aliphatic rings. The Balaban J connectivity index is 1.42.